The van der Waals surface area contributed by atoms with Gasteiger partial charge in [-0.15, -0.1) is 0 Å². The SMILES string of the molecule is CCC(C)NC(=O)C1CC(=O)N(c2c(C)cc(C)cc2C)C1. The maximum absolute atomic E-state index is 12.4. The fourth-order valence-corrected chi connectivity index (χ4v) is 3.16. The topological polar surface area (TPSA) is 49.4 Å². The molecule has 120 valence electrons. The zero-order valence-electron chi connectivity index (χ0n) is 14.2. The van der Waals surface area contributed by atoms with E-state index in [1.54, 1.807) is 4.90 Å². The van der Waals surface area contributed by atoms with Gasteiger partial charge in [-0.2, -0.15) is 0 Å². The van der Waals surface area contributed by atoms with Crippen LogP contribution >= 0.6 is 0 Å². The number of anilines is 1. The lowest BCUT2D eigenvalue weighted by Crippen LogP contribution is -2.38. The predicted octanol–water partition coefficient (Wildman–Crippen LogP) is 2.88. The van der Waals surface area contributed by atoms with Gasteiger partial charge in [0.2, 0.25) is 11.8 Å². The van der Waals surface area contributed by atoms with E-state index < -0.39 is 0 Å². The van der Waals surface area contributed by atoms with Crippen LogP contribution in [-0.2, 0) is 9.59 Å². The number of aryl methyl sites for hydroxylation is 3. The fourth-order valence-electron chi connectivity index (χ4n) is 3.16. The van der Waals surface area contributed by atoms with Crippen molar-refractivity contribution in [3.05, 3.63) is 28.8 Å². The highest BCUT2D eigenvalue weighted by atomic mass is 16.2. The van der Waals surface area contributed by atoms with Crippen LogP contribution in [0.4, 0.5) is 5.69 Å². The molecule has 4 heteroatoms. The van der Waals surface area contributed by atoms with Crippen LogP contribution in [0.5, 0.6) is 0 Å². The van der Waals surface area contributed by atoms with Gasteiger partial charge in [-0.1, -0.05) is 24.6 Å². The van der Waals surface area contributed by atoms with Gasteiger partial charge in [-0.3, -0.25) is 9.59 Å². The first-order valence-corrected chi connectivity index (χ1v) is 8.02. The standard InChI is InChI=1S/C18H26N2O2/c1-6-14(5)19-18(22)15-9-16(21)20(10-15)17-12(3)7-11(2)8-13(17)4/h7-8,14-15H,6,9-10H2,1-5H3,(H,19,22). The van der Waals surface area contributed by atoms with Gasteiger partial charge in [-0.05, 0) is 45.2 Å². The van der Waals surface area contributed by atoms with Crippen molar-refractivity contribution in [2.24, 2.45) is 5.92 Å². The Morgan fingerprint density at radius 1 is 1.32 bits per heavy atom. The molecule has 2 rings (SSSR count). The van der Waals surface area contributed by atoms with Crippen LogP contribution in [0.15, 0.2) is 12.1 Å². The highest BCUT2D eigenvalue weighted by Gasteiger charge is 2.36. The molecule has 4 nitrogen and oxygen atoms in total. The van der Waals surface area contributed by atoms with Crippen LogP contribution < -0.4 is 10.2 Å². The van der Waals surface area contributed by atoms with Gasteiger partial charge in [0.15, 0.2) is 0 Å². The molecule has 22 heavy (non-hydrogen) atoms. The van der Waals surface area contributed by atoms with Crippen LogP contribution in [0.1, 0.15) is 43.4 Å². The summed E-state index contributed by atoms with van der Waals surface area (Å²) in [6.45, 7) is 10.6. The van der Waals surface area contributed by atoms with Gasteiger partial charge in [0, 0.05) is 24.7 Å². The molecule has 1 aliphatic rings. The van der Waals surface area contributed by atoms with Crippen molar-refractivity contribution in [1.82, 2.24) is 5.32 Å². The van der Waals surface area contributed by atoms with Gasteiger partial charge >= 0.3 is 0 Å². The number of rotatable bonds is 4. The third-order valence-corrected chi connectivity index (χ3v) is 4.40. The minimum Gasteiger partial charge on any atom is -0.353 e. The molecule has 2 unspecified atom stereocenters. The number of carbonyl (C=O) groups is 2. The van der Waals surface area contributed by atoms with Crippen molar-refractivity contribution in [2.75, 3.05) is 11.4 Å². The Balaban J connectivity index is 2.18. The second kappa shape index (κ2) is 6.51. The largest absolute Gasteiger partial charge is 0.353 e. The van der Waals surface area contributed by atoms with Crippen molar-refractivity contribution < 1.29 is 9.59 Å². The van der Waals surface area contributed by atoms with Gasteiger partial charge in [0.1, 0.15) is 0 Å². The lowest BCUT2D eigenvalue weighted by molar-refractivity contribution is -0.126. The van der Waals surface area contributed by atoms with Gasteiger partial charge in [0.05, 0.1) is 5.92 Å². The van der Waals surface area contributed by atoms with Crippen molar-refractivity contribution in [3.63, 3.8) is 0 Å². The fraction of sp³-hybridized carbons (Fsp3) is 0.556. The van der Waals surface area contributed by atoms with Crippen molar-refractivity contribution in [3.8, 4) is 0 Å². The second-order valence-electron chi connectivity index (χ2n) is 6.47. The first-order valence-electron chi connectivity index (χ1n) is 8.02. The van der Waals surface area contributed by atoms with E-state index in [0.717, 1.165) is 23.2 Å². The molecule has 2 atom stereocenters. The lowest BCUT2D eigenvalue weighted by Gasteiger charge is -2.22. The smallest absolute Gasteiger partial charge is 0.227 e. The summed E-state index contributed by atoms with van der Waals surface area (Å²) >= 11 is 0. The zero-order chi connectivity index (χ0) is 16.4. The molecule has 1 saturated heterocycles. The number of carbonyl (C=O) groups excluding carboxylic acids is 2. The van der Waals surface area contributed by atoms with E-state index in [9.17, 15) is 9.59 Å². The molecule has 0 saturated carbocycles. The first kappa shape index (κ1) is 16.5. The quantitative estimate of drug-likeness (QED) is 0.929. The molecular weight excluding hydrogens is 276 g/mol. The van der Waals surface area contributed by atoms with Crippen molar-refractivity contribution in [2.45, 2.75) is 53.5 Å². The van der Waals surface area contributed by atoms with E-state index >= 15 is 0 Å². The van der Waals surface area contributed by atoms with E-state index in [0.29, 0.717) is 13.0 Å². The van der Waals surface area contributed by atoms with E-state index in [2.05, 4.69) is 24.4 Å². The molecule has 0 bridgehead atoms. The van der Waals surface area contributed by atoms with Crippen LogP contribution in [-0.4, -0.2) is 24.4 Å². The van der Waals surface area contributed by atoms with Crippen LogP contribution in [0.3, 0.4) is 0 Å². The van der Waals surface area contributed by atoms with Crippen LogP contribution in [0, 0.1) is 26.7 Å². The average Bonchev–Trinajstić information content (AvgIpc) is 2.79. The minimum atomic E-state index is -0.249. The Labute approximate surface area is 132 Å². The van der Waals surface area contributed by atoms with Crippen molar-refractivity contribution in [1.29, 1.82) is 0 Å². The van der Waals surface area contributed by atoms with Crippen LogP contribution in [0.25, 0.3) is 0 Å². The predicted molar refractivity (Wildman–Crippen MR) is 89.0 cm³/mol. The molecule has 1 N–H and O–H groups in total. The molecule has 0 aromatic heterocycles. The molecule has 0 spiro atoms. The van der Waals surface area contributed by atoms with Gasteiger partial charge < -0.3 is 10.2 Å². The number of hydrogen-bond donors (Lipinski definition) is 1. The number of nitrogens with zero attached hydrogens (tertiary/aromatic N) is 1. The Hall–Kier alpha value is -1.84. The summed E-state index contributed by atoms with van der Waals surface area (Å²) in [7, 11) is 0. The molecule has 1 aromatic carbocycles. The normalized spacial score (nSPS) is 19.4. The summed E-state index contributed by atoms with van der Waals surface area (Å²) in [5.74, 6) is -0.214. The summed E-state index contributed by atoms with van der Waals surface area (Å²) in [6, 6.07) is 4.32. The van der Waals surface area contributed by atoms with Gasteiger partial charge in [-0.25, -0.2) is 0 Å². The Kier molecular flexibility index (Phi) is 4.89. The third kappa shape index (κ3) is 3.32. The highest BCUT2D eigenvalue weighted by molar-refractivity contribution is 6.01. The Bertz CT molecular complexity index is 572. The van der Waals surface area contributed by atoms with E-state index in [1.807, 2.05) is 27.7 Å². The summed E-state index contributed by atoms with van der Waals surface area (Å²) in [5.41, 5.74) is 4.34. The number of nitrogens with one attached hydrogen (secondary N) is 1. The number of benzene rings is 1. The molecule has 1 aromatic rings. The third-order valence-electron chi connectivity index (χ3n) is 4.40. The Morgan fingerprint density at radius 2 is 1.91 bits per heavy atom. The summed E-state index contributed by atoms with van der Waals surface area (Å²) in [4.78, 5) is 26.4. The lowest BCUT2D eigenvalue weighted by atomic mass is 10.0. The number of amides is 2. The zero-order valence-corrected chi connectivity index (χ0v) is 14.2. The molecule has 1 aliphatic heterocycles. The van der Waals surface area contributed by atoms with Crippen molar-refractivity contribution >= 4 is 17.5 Å². The molecule has 1 fully saturated rings. The summed E-state index contributed by atoms with van der Waals surface area (Å²) < 4.78 is 0. The molecule has 0 aliphatic carbocycles. The molecule has 0 radical (unpaired) electrons. The maximum atomic E-state index is 12.4. The van der Waals surface area contributed by atoms with E-state index in [1.165, 1.54) is 5.56 Å². The van der Waals surface area contributed by atoms with Gasteiger partial charge in [0.25, 0.3) is 0 Å². The monoisotopic (exact) mass is 302 g/mol. The average molecular weight is 302 g/mol. The second-order valence-corrected chi connectivity index (χ2v) is 6.47. The minimum absolute atomic E-state index is 0.00684. The van der Waals surface area contributed by atoms with E-state index in [4.69, 9.17) is 0 Å². The van der Waals surface area contributed by atoms with Crippen LogP contribution in [0.2, 0.25) is 0 Å². The summed E-state index contributed by atoms with van der Waals surface area (Å²) in [5, 5.41) is 2.98. The molecule has 2 amide bonds. The maximum Gasteiger partial charge on any atom is 0.227 e. The first-order chi connectivity index (χ1) is 10.3. The summed E-state index contributed by atoms with van der Waals surface area (Å²) in [6.07, 6.45) is 1.20. The van der Waals surface area contributed by atoms with E-state index in [-0.39, 0.29) is 23.8 Å². The number of hydrogen-bond acceptors (Lipinski definition) is 2. The molecular formula is C18H26N2O2. The Morgan fingerprint density at radius 3 is 2.45 bits per heavy atom. The molecule has 1 heterocycles. The highest BCUT2D eigenvalue weighted by Crippen LogP contribution is 2.31.